The molecule has 3 amide bonds. The van der Waals surface area contributed by atoms with Crippen LogP contribution in [0.3, 0.4) is 0 Å². The van der Waals surface area contributed by atoms with Crippen LogP contribution in [0.15, 0.2) is 24.3 Å². The monoisotopic (exact) mass is 373 g/mol. The van der Waals surface area contributed by atoms with E-state index in [1.165, 1.54) is 0 Å². The van der Waals surface area contributed by atoms with E-state index in [1.54, 1.807) is 17.0 Å². The molecule has 1 aliphatic heterocycles. The Morgan fingerprint density at radius 1 is 1.11 bits per heavy atom. The summed E-state index contributed by atoms with van der Waals surface area (Å²) in [6, 6.07) is 7.44. The second-order valence-electron chi connectivity index (χ2n) is 7.69. The van der Waals surface area contributed by atoms with Crippen molar-refractivity contribution in [1.29, 1.82) is 0 Å². The average molecular weight is 373 g/mol. The van der Waals surface area contributed by atoms with Gasteiger partial charge in [0.1, 0.15) is 0 Å². The number of piperidine rings is 1. The summed E-state index contributed by atoms with van der Waals surface area (Å²) in [6.07, 6.45) is 1.32. The number of hydrogen-bond donors (Lipinski definition) is 2. The zero-order valence-electron chi connectivity index (χ0n) is 16.7. The van der Waals surface area contributed by atoms with E-state index in [1.807, 2.05) is 26.0 Å². The van der Waals surface area contributed by atoms with Gasteiger partial charge >= 0.3 is 0 Å². The zero-order valence-corrected chi connectivity index (χ0v) is 16.7. The minimum Gasteiger partial charge on any atom is -0.353 e. The Bertz CT molecular complexity index is 679. The van der Waals surface area contributed by atoms with E-state index in [0.29, 0.717) is 37.4 Å². The molecular formula is C21H31N3O3. The maximum absolute atomic E-state index is 12.4. The van der Waals surface area contributed by atoms with E-state index >= 15 is 0 Å². The van der Waals surface area contributed by atoms with Gasteiger partial charge in [0, 0.05) is 30.6 Å². The lowest BCUT2D eigenvalue weighted by Crippen LogP contribution is -2.48. The fourth-order valence-electron chi connectivity index (χ4n) is 3.09. The second kappa shape index (κ2) is 9.53. The van der Waals surface area contributed by atoms with Crippen LogP contribution in [-0.2, 0) is 9.59 Å². The fraction of sp³-hybridized carbons (Fsp3) is 0.571. The molecule has 6 nitrogen and oxygen atoms in total. The van der Waals surface area contributed by atoms with E-state index in [4.69, 9.17) is 0 Å². The molecule has 0 spiro atoms. The Hall–Kier alpha value is -2.37. The summed E-state index contributed by atoms with van der Waals surface area (Å²) in [4.78, 5) is 38.6. The molecule has 0 aliphatic carbocycles. The molecule has 0 radical (unpaired) electrons. The van der Waals surface area contributed by atoms with Gasteiger partial charge in [-0.3, -0.25) is 14.4 Å². The minimum atomic E-state index is -0.238. The molecule has 1 fully saturated rings. The Kier molecular flexibility index (Phi) is 7.39. The molecular weight excluding hydrogens is 342 g/mol. The quantitative estimate of drug-likeness (QED) is 0.802. The number of benzene rings is 1. The van der Waals surface area contributed by atoms with Crippen molar-refractivity contribution in [1.82, 2.24) is 15.5 Å². The van der Waals surface area contributed by atoms with Crippen molar-refractivity contribution in [3.05, 3.63) is 35.4 Å². The molecule has 2 N–H and O–H groups in total. The minimum absolute atomic E-state index is 0.0194. The van der Waals surface area contributed by atoms with E-state index in [9.17, 15) is 14.4 Å². The van der Waals surface area contributed by atoms with Gasteiger partial charge in [-0.1, -0.05) is 32.0 Å². The molecule has 1 heterocycles. The Morgan fingerprint density at radius 3 is 2.33 bits per heavy atom. The van der Waals surface area contributed by atoms with Gasteiger partial charge in [0.2, 0.25) is 11.8 Å². The molecule has 6 heteroatoms. The molecule has 1 aromatic rings. The van der Waals surface area contributed by atoms with Crippen molar-refractivity contribution in [3.8, 4) is 0 Å². The molecule has 148 valence electrons. The van der Waals surface area contributed by atoms with Crippen molar-refractivity contribution in [3.63, 3.8) is 0 Å². The highest BCUT2D eigenvalue weighted by atomic mass is 16.2. The third kappa shape index (κ3) is 5.81. The molecule has 1 saturated heterocycles. The highest BCUT2D eigenvalue weighted by molar-refractivity contribution is 5.97. The maximum Gasteiger partial charge on any atom is 0.251 e. The number of carbonyl (C=O) groups excluding carboxylic acids is 3. The van der Waals surface area contributed by atoms with Gasteiger partial charge in [0.15, 0.2) is 0 Å². The van der Waals surface area contributed by atoms with Gasteiger partial charge in [0.25, 0.3) is 5.91 Å². The molecule has 0 aromatic heterocycles. The lowest BCUT2D eigenvalue weighted by molar-refractivity contribution is -0.135. The number of hydrogen-bond acceptors (Lipinski definition) is 3. The van der Waals surface area contributed by atoms with E-state index in [0.717, 1.165) is 5.56 Å². The van der Waals surface area contributed by atoms with E-state index in [2.05, 4.69) is 24.5 Å². The number of nitrogens with zero attached hydrogens (tertiary/aromatic N) is 1. The topological polar surface area (TPSA) is 78.5 Å². The lowest BCUT2D eigenvalue weighted by Gasteiger charge is -2.32. The average Bonchev–Trinajstić information content (AvgIpc) is 2.66. The standard InChI is InChI=1S/C21H31N3O3/c1-14(2)16(4)23-20(26)17-9-11-24(12-10-17)19(25)13-22-21(27)18-8-6-5-7-15(18)3/h5-8,14,16-17H,9-13H2,1-4H3,(H,22,27)(H,23,26). The summed E-state index contributed by atoms with van der Waals surface area (Å²) in [7, 11) is 0. The molecule has 0 saturated carbocycles. The van der Waals surface area contributed by atoms with Crippen LogP contribution in [0.4, 0.5) is 0 Å². The highest BCUT2D eigenvalue weighted by Crippen LogP contribution is 2.18. The number of rotatable bonds is 6. The third-order valence-corrected chi connectivity index (χ3v) is 5.38. The number of aryl methyl sites for hydroxylation is 1. The first-order chi connectivity index (χ1) is 12.8. The van der Waals surface area contributed by atoms with Gasteiger partial charge in [-0.2, -0.15) is 0 Å². The molecule has 2 rings (SSSR count). The van der Waals surface area contributed by atoms with Crippen molar-refractivity contribution < 1.29 is 14.4 Å². The third-order valence-electron chi connectivity index (χ3n) is 5.38. The molecule has 0 bridgehead atoms. The van der Waals surface area contributed by atoms with Gasteiger partial charge in [-0.25, -0.2) is 0 Å². The normalized spacial score (nSPS) is 16.1. The Morgan fingerprint density at radius 2 is 1.74 bits per heavy atom. The number of nitrogens with one attached hydrogen (secondary N) is 2. The number of carbonyl (C=O) groups is 3. The van der Waals surface area contributed by atoms with Crippen molar-refractivity contribution >= 4 is 17.7 Å². The van der Waals surface area contributed by atoms with Crippen LogP contribution in [0.2, 0.25) is 0 Å². The summed E-state index contributed by atoms with van der Waals surface area (Å²) in [6.45, 7) is 9.12. The van der Waals surface area contributed by atoms with Crippen LogP contribution < -0.4 is 10.6 Å². The summed E-state index contributed by atoms with van der Waals surface area (Å²) < 4.78 is 0. The highest BCUT2D eigenvalue weighted by Gasteiger charge is 2.28. The number of likely N-dealkylation sites (tertiary alicyclic amines) is 1. The van der Waals surface area contributed by atoms with E-state index in [-0.39, 0.29) is 36.2 Å². The zero-order chi connectivity index (χ0) is 20.0. The van der Waals surface area contributed by atoms with Crippen LogP contribution in [0, 0.1) is 18.8 Å². The van der Waals surface area contributed by atoms with Crippen molar-refractivity contribution in [2.24, 2.45) is 11.8 Å². The summed E-state index contributed by atoms with van der Waals surface area (Å²) in [5.41, 5.74) is 1.46. The maximum atomic E-state index is 12.4. The largest absolute Gasteiger partial charge is 0.353 e. The SMILES string of the molecule is Cc1ccccc1C(=O)NCC(=O)N1CCC(C(=O)NC(C)C(C)C)CC1. The predicted octanol–water partition coefficient (Wildman–Crippen LogP) is 2.12. The predicted molar refractivity (Wildman–Crippen MR) is 105 cm³/mol. The van der Waals surface area contributed by atoms with Gasteiger partial charge < -0.3 is 15.5 Å². The number of amides is 3. The van der Waals surface area contributed by atoms with Gasteiger partial charge in [-0.05, 0) is 44.2 Å². The van der Waals surface area contributed by atoms with Crippen LogP contribution in [0.5, 0.6) is 0 Å². The van der Waals surface area contributed by atoms with E-state index < -0.39 is 0 Å². The lowest BCUT2D eigenvalue weighted by atomic mass is 9.94. The fourth-order valence-corrected chi connectivity index (χ4v) is 3.09. The summed E-state index contributed by atoms with van der Waals surface area (Å²) in [5.74, 6) is 0.0881. The van der Waals surface area contributed by atoms with Crippen LogP contribution >= 0.6 is 0 Å². The molecule has 1 atom stereocenters. The molecule has 1 unspecified atom stereocenters. The molecule has 1 aromatic carbocycles. The van der Waals surface area contributed by atoms with Crippen LogP contribution in [0.25, 0.3) is 0 Å². The first-order valence-corrected chi connectivity index (χ1v) is 9.71. The van der Waals surface area contributed by atoms with Crippen molar-refractivity contribution in [2.75, 3.05) is 19.6 Å². The van der Waals surface area contributed by atoms with Crippen molar-refractivity contribution in [2.45, 2.75) is 46.6 Å². The first kappa shape index (κ1) is 20.9. The Labute approximate surface area is 161 Å². The molecule has 1 aliphatic rings. The summed E-state index contributed by atoms with van der Waals surface area (Å²) >= 11 is 0. The Balaban J connectivity index is 1.77. The smallest absolute Gasteiger partial charge is 0.251 e. The van der Waals surface area contributed by atoms with Gasteiger partial charge in [-0.15, -0.1) is 0 Å². The summed E-state index contributed by atoms with van der Waals surface area (Å²) in [5, 5.41) is 5.76. The first-order valence-electron chi connectivity index (χ1n) is 9.71. The second-order valence-corrected chi connectivity index (χ2v) is 7.69. The van der Waals surface area contributed by atoms with Crippen LogP contribution in [-0.4, -0.2) is 48.3 Å². The van der Waals surface area contributed by atoms with Gasteiger partial charge in [0.05, 0.1) is 6.54 Å². The van der Waals surface area contributed by atoms with Crippen LogP contribution in [0.1, 0.15) is 49.5 Å². The molecule has 27 heavy (non-hydrogen) atoms.